The maximum absolute atomic E-state index is 13.6. The Morgan fingerprint density at radius 3 is 2.45 bits per heavy atom. The Labute approximate surface area is 216 Å². The number of carboxylic acid groups (broad SMARTS) is 1. The second-order valence-electron chi connectivity index (χ2n) is 9.22. The molecule has 0 amide bonds. The van der Waals surface area contributed by atoms with Crippen molar-refractivity contribution in [1.82, 2.24) is 9.97 Å². The fraction of sp³-hybridized carbons (Fsp3) is 0.172. The summed E-state index contributed by atoms with van der Waals surface area (Å²) in [6.45, 7) is 3.38. The first-order chi connectivity index (χ1) is 18.2. The highest BCUT2D eigenvalue weighted by atomic mass is 16.4. The van der Waals surface area contributed by atoms with E-state index in [0.717, 1.165) is 11.1 Å². The molecule has 2 aromatic carbocycles. The first-order valence-electron chi connectivity index (χ1n) is 12.0. The maximum Gasteiger partial charge on any atom is 0.372 e. The van der Waals surface area contributed by atoms with E-state index in [0.29, 0.717) is 39.4 Å². The third kappa shape index (κ3) is 4.07. The molecule has 5 aromatic rings. The molecule has 0 saturated heterocycles. The van der Waals surface area contributed by atoms with E-state index in [4.69, 9.17) is 4.42 Å². The van der Waals surface area contributed by atoms with Crippen molar-refractivity contribution in [1.29, 1.82) is 0 Å². The van der Waals surface area contributed by atoms with E-state index in [1.54, 1.807) is 37.3 Å². The number of carbonyl (C=O) groups excluding carboxylic acids is 1. The maximum atomic E-state index is 13.6. The van der Waals surface area contributed by atoms with E-state index >= 15 is 0 Å². The van der Waals surface area contributed by atoms with E-state index < -0.39 is 35.1 Å². The summed E-state index contributed by atoms with van der Waals surface area (Å²) in [6, 6.07) is 10.6. The fourth-order valence-corrected chi connectivity index (χ4v) is 4.76. The lowest BCUT2D eigenvalue weighted by molar-refractivity contribution is 0.0661. The van der Waals surface area contributed by atoms with Crippen LogP contribution in [0.2, 0.25) is 0 Å². The number of aliphatic hydroxyl groups excluding tert-OH is 2. The average molecular weight is 515 g/mol. The molecule has 3 heterocycles. The fourth-order valence-electron chi connectivity index (χ4n) is 4.76. The molecular formula is C29H26N2O7. The number of aliphatic hydroxyl groups is 2. The number of aromatic hydroxyl groups is 1. The van der Waals surface area contributed by atoms with Crippen LogP contribution in [0.15, 0.2) is 64.9 Å². The van der Waals surface area contributed by atoms with Crippen LogP contribution in [-0.4, -0.2) is 48.8 Å². The zero-order valence-corrected chi connectivity index (χ0v) is 20.7. The predicted molar refractivity (Wildman–Crippen MR) is 142 cm³/mol. The van der Waals surface area contributed by atoms with Gasteiger partial charge in [-0.2, -0.15) is 0 Å². The number of fused-ring (bicyclic) bond motifs is 2. The van der Waals surface area contributed by atoms with Crippen LogP contribution < -0.4 is 0 Å². The topological polar surface area (TPSA) is 160 Å². The number of nitrogens with one attached hydrogen (secondary N) is 2. The van der Waals surface area contributed by atoms with Crippen molar-refractivity contribution >= 4 is 33.6 Å². The van der Waals surface area contributed by atoms with Gasteiger partial charge in [0.1, 0.15) is 0 Å². The lowest BCUT2D eigenvalue weighted by Crippen LogP contribution is -1.99. The summed E-state index contributed by atoms with van der Waals surface area (Å²) in [5, 5.41) is 41.6. The number of carboxylic acids is 1. The summed E-state index contributed by atoms with van der Waals surface area (Å²) in [5.41, 5.74) is 4.03. The summed E-state index contributed by atoms with van der Waals surface area (Å²) in [6.07, 6.45) is 4.66. The SMILES string of the molecule is CC(=CCc1cccc2c(C(=O)c3oc(C(=O)O)c(-c4c[nH]c5c(C(C)O)cccc45)c3O)c[nH]c12)CO. The smallest absolute Gasteiger partial charge is 0.372 e. The van der Waals surface area contributed by atoms with Crippen LogP contribution in [0.3, 0.4) is 0 Å². The van der Waals surface area contributed by atoms with Crippen molar-refractivity contribution in [2.45, 2.75) is 26.4 Å². The van der Waals surface area contributed by atoms with Gasteiger partial charge < -0.3 is 34.8 Å². The number of hydrogen-bond donors (Lipinski definition) is 6. The largest absolute Gasteiger partial charge is 0.504 e. The average Bonchev–Trinajstić information content (AvgIpc) is 3.61. The Kier molecular flexibility index (Phi) is 6.40. The number of aromatic carboxylic acids is 1. The molecule has 0 aliphatic rings. The summed E-state index contributed by atoms with van der Waals surface area (Å²) < 4.78 is 5.50. The summed E-state index contributed by atoms with van der Waals surface area (Å²) >= 11 is 0. The molecule has 0 aliphatic carbocycles. The minimum atomic E-state index is -1.44. The number of H-pyrrole nitrogens is 2. The van der Waals surface area contributed by atoms with Crippen LogP contribution in [0.25, 0.3) is 32.9 Å². The number of rotatable bonds is 8. The van der Waals surface area contributed by atoms with Gasteiger partial charge in [-0.3, -0.25) is 4.79 Å². The molecule has 0 radical (unpaired) electrons. The zero-order valence-electron chi connectivity index (χ0n) is 20.7. The quantitative estimate of drug-likeness (QED) is 0.124. The minimum Gasteiger partial charge on any atom is -0.504 e. The van der Waals surface area contributed by atoms with Gasteiger partial charge in [0, 0.05) is 39.8 Å². The standard InChI is InChI=1S/C29H26N2O7/c1-14(13-32)9-10-16-5-3-7-19-21(12-30-23(16)19)25(34)28-26(35)22(27(38-28)29(36)37)20-11-31-24-17(15(2)33)6-4-8-18(20)24/h3-9,11-12,15,30-33,35H,10,13H2,1-2H3,(H,36,37). The van der Waals surface area contributed by atoms with E-state index in [2.05, 4.69) is 9.97 Å². The molecule has 9 heteroatoms. The lowest BCUT2D eigenvalue weighted by Gasteiger charge is -2.06. The molecule has 6 N–H and O–H groups in total. The third-order valence-corrected chi connectivity index (χ3v) is 6.72. The third-order valence-electron chi connectivity index (χ3n) is 6.72. The van der Waals surface area contributed by atoms with Crippen LogP contribution in [-0.2, 0) is 6.42 Å². The Morgan fingerprint density at radius 2 is 1.74 bits per heavy atom. The van der Waals surface area contributed by atoms with Crippen LogP contribution >= 0.6 is 0 Å². The highest BCUT2D eigenvalue weighted by molar-refractivity contribution is 6.18. The van der Waals surface area contributed by atoms with Crippen molar-refractivity contribution < 1.29 is 34.4 Å². The first-order valence-corrected chi connectivity index (χ1v) is 12.0. The van der Waals surface area contributed by atoms with Crippen molar-refractivity contribution in [2.75, 3.05) is 6.61 Å². The molecule has 1 unspecified atom stereocenters. The Balaban J connectivity index is 1.63. The highest BCUT2D eigenvalue weighted by Crippen LogP contribution is 2.43. The molecule has 0 spiro atoms. The second-order valence-corrected chi connectivity index (χ2v) is 9.22. The number of aromatic amines is 2. The van der Waals surface area contributed by atoms with E-state index in [-0.39, 0.29) is 17.7 Å². The Morgan fingerprint density at radius 1 is 1.03 bits per heavy atom. The molecule has 194 valence electrons. The number of aromatic nitrogens is 2. The first kappa shape index (κ1) is 25.1. The Bertz CT molecular complexity index is 1730. The van der Waals surface area contributed by atoms with Crippen molar-refractivity contribution in [3.05, 3.63) is 88.7 Å². The molecule has 0 aliphatic heterocycles. The van der Waals surface area contributed by atoms with Gasteiger partial charge in [-0.25, -0.2) is 4.79 Å². The molecule has 38 heavy (non-hydrogen) atoms. The monoisotopic (exact) mass is 514 g/mol. The number of ketones is 1. The van der Waals surface area contributed by atoms with Crippen molar-refractivity contribution in [3.63, 3.8) is 0 Å². The molecule has 9 nitrogen and oxygen atoms in total. The number of para-hydroxylation sites is 2. The van der Waals surface area contributed by atoms with Crippen LogP contribution in [0.5, 0.6) is 5.75 Å². The van der Waals surface area contributed by atoms with Gasteiger partial charge >= 0.3 is 5.97 Å². The summed E-state index contributed by atoms with van der Waals surface area (Å²) in [5.74, 6) is -3.75. The minimum absolute atomic E-state index is 0.0484. The van der Waals surface area contributed by atoms with Crippen LogP contribution in [0, 0.1) is 0 Å². The molecule has 0 saturated carbocycles. The highest BCUT2D eigenvalue weighted by Gasteiger charge is 2.32. The van der Waals surface area contributed by atoms with E-state index in [1.165, 1.54) is 12.4 Å². The van der Waals surface area contributed by atoms with Gasteiger partial charge in [0.05, 0.1) is 29.4 Å². The van der Waals surface area contributed by atoms with Crippen molar-refractivity contribution in [2.24, 2.45) is 0 Å². The van der Waals surface area contributed by atoms with Crippen molar-refractivity contribution in [3.8, 4) is 16.9 Å². The lowest BCUT2D eigenvalue weighted by atomic mass is 9.99. The molecule has 0 bridgehead atoms. The van der Waals surface area contributed by atoms with Gasteiger partial charge in [-0.1, -0.05) is 48.0 Å². The number of benzene rings is 2. The Hall–Kier alpha value is -4.60. The summed E-state index contributed by atoms with van der Waals surface area (Å²) in [7, 11) is 0. The molecule has 3 aromatic heterocycles. The predicted octanol–water partition coefficient (Wildman–Crippen LogP) is 5.08. The summed E-state index contributed by atoms with van der Waals surface area (Å²) in [4.78, 5) is 31.8. The van der Waals surface area contributed by atoms with E-state index in [1.807, 2.05) is 19.1 Å². The molecular weight excluding hydrogens is 488 g/mol. The zero-order chi connectivity index (χ0) is 27.1. The van der Waals surface area contributed by atoms with Gasteiger partial charge in [-0.15, -0.1) is 0 Å². The normalized spacial score (nSPS) is 12.9. The second kappa shape index (κ2) is 9.70. The number of carbonyl (C=O) groups is 2. The van der Waals surface area contributed by atoms with Crippen LogP contribution in [0.1, 0.15) is 57.8 Å². The van der Waals surface area contributed by atoms with E-state index in [9.17, 15) is 30.0 Å². The van der Waals surface area contributed by atoms with Gasteiger partial charge in [0.25, 0.3) is 0 Å². The number of furan rings is 1. The van der Waals surface area contributed by atoms with Gasteiger partial charge in [0.2, 0.25) is 17.3 Å². The van der Waals surface area contributed by atoms with Gasteiger partial charge in [0.15, 0.2) is 5.75 Å². The molecule has 0 fully saturated rings. The number of hydrogen-bond acceptors (Lipinski definition) is 6. The molecule has 5 rings (SSSR count). The molecule has 1 atom stereocenters. The van der Waals surface area contributed by atoms with Gasteiger partial charge in [-0.05, 0) is 25.8 Å². The number of allylic oxidation sites excluding steroid dienone is 1. The van der Waals surface area contributed by atoms with Crippen LogP contribution in [0.4, 0.5) is 0 Å².